The van der Waals surface area contributed by atoms with Crippen LogP contribution in [-0.2, 0) is 11.3 Å². The number of methoxy groups -OCH3 is 1. The molecule has 148 valence electrons. The SMILES string of the molecule is COc1ccc2cc(C[NH+](C)CC(=O)N(C)C3(C#N)CCCCC3)ccc2c1. The van der Waals surface area contributed by atoms with E-state index in [-0.39, 0.29) is 5.91 Å². The first kappa shape index (κ1) is 20.2. The van der Waals surface area contributed by atoms with Crippen LogP contribution < -0.4 is 9.64 Å². The van der Waals surface area contributed by atoms with Crippen LogP contribution in [0, 0.1) is 11.3 Å². The summed E-state index contributed by atoms with van der Waals surface area (Å²) in [7, 11) is 5.50. The van der Waals surface area contributed by atoms with Gasteiger partial charge in [0.05, 0.1) is 20.2 Å². The first-order valence-electron chi connectivity index (χ1n) is 10.0. The Kier molecular flexibility index (Phi) is 6.21. The molecule has 0 radical (unpaired) electrons. The van der Waals surface area contributed by atoms with Gasteiger partial charge >= 0.3 is 0 Å². The summed E-state index contributed by atoms with van der Waals surface area (Å²) < 4.78 is 5.28. The monoisotopic (exact) mass is 380 g/mol. The molecule has 5 heteroatoms. The average molecular weight is 381 g/mol. The van der Waals surface area contributed by atoms with Crippen LogP contribution in [0.2, 0.25) is 0 Å². The number of benzene rings is 2. The zero-order chi connectivity index (χ0) is 20.1. The molecule has 1 amide bonds. The van der Waals surface area contributed by atoms with Crippen molar-refractivity contribution in [3.8, 4) is 11.8 Å². The molecular formula is C23H30N3O2+. The third-order valence-electron chi connectivity index (χ3n) is 5.98. The molecule has 1 saturated carbocycles. The molecule has 1 atom stereocenters. The topological polar surface area (TPSA) is 57.8 Å². The molecule has 0 bridgehead atoms. The third-order valence-corrected chi connectivity index (χ3v) is 5.98. The van der Waals surface area contributed by atoms with Gasteiger partial charge in [0.2, 0.25) is 0 Å². The van der Waals surface area contributed by atoms with Gasteiger partial charge in [0.1, 0.15) is 17.8 Å². The second-order valence-corrected chi connectivity index (χ2v) is 8.01. The van der Waals surface area contributed by atoms with Gasteiger partial charge in [-0.15, -0.1) is 0 Å². The molecule has 0 aromatic heterocycles. The molecule has 2 aromatic carbocycles. The van der Waals surface area contributed by atoms with Gasteiger partial charge < -0.3 is 14.5 Å². The fourth-order valence-corrected chi connectivity index (χ4v) is 4.20. The van der Waals surface area contributed by atoms with Crippen LogP contribution in [0.1, 0.15) is 37.7 Å². The van der Waals surface area contributed by atoms with Crippen molar-refractivity contribution in [3.63, 3.8) is 0 Å². The van der Waals surface area contributed by atoms with Crippen LogP contribution in [0.15, 0.2) is 36.4 Å². The summed E-state index contributed by atoms with van der Waals surface area (Å²) >= 11 is 0. The average Bonchev–Trinajstić information content (AvgIpc) is 2.73. The number of carbonyl (C=O) groups excluding carboxylic acids is 1. The van der Waals surface area contributed by atoms with E-state index in [9.17, 15) is 10.1 Å². The zero-order valence-electron chi connectivity index (χ0n) is 17.1. The molecule has 1 fully saturated rings. The van der Waals surface area contributed by atoms with Gasteiger partial charge in [-0.05, 0) is 41.8 Å². The van der Waals surface area contributed by atoms with Crippen molar-refractivity contribution in [2.75, 3.05) is 27.7 Å². The number of hydrogen-bond acceptors (Lipinski definition) is 3. The number of nitrogens with one attached hydrogen (secondary N) is 1. The number of amides is 1. The maximum Gasteiger partial charge on any atom is 0.278 e. The Morgan fingerprint density at radius 1 is 1.18 bits per heavy atom. The summed E-state index contributed by atoms with van der Waals surface area (Å²) in [6.45, 7) is 1.15. The van der Waals surface area contributed by atoms with Gasteiger partial charge in [-0.1, -0.05) is 37.5 Å². The Morgan fingerprint density at radius 3 is 2.54 bits per heavy atom. The van der Waals surface area contributed by atoms with E-state index in [1.165, 1.54) is 10.9 Å². The third kappa shape index (κ3) is 4.28. The summed E-state index contributed by atoms with van der Waals surface area (Å²) in [5.41, 5.74) is 0.579. The Morgan fingerprint density at radius 2 is 1.86 bits per heavy atom. The molecule has 2 aromatic rings. The van der Waals surface area contributed by atoms with Crippen LogP contribution in [0.4, 0.5) is 0 Å². The standard InChI is InChI=1S/C23H29N3O2/c1-25(16-22(27)26(2)23(17-24)11-5-4-6-12-23)15-18-7-8-20-14-21(28-3)10-9-19(20)13-18/h7-10,13-14H,4-6,11-12,15-16H2,1-3H3/p+1. The maximum atomic E-state index is 12.8. The number of rotatable bonds is 6. The van der Waals surface area contributed by atoms with E-state index in [4.69, 9.17) is 4.74 Å². The normalized spacial score (nSPS) is 16.9. The molecule has 0 spiro atoms. The first-order chi connectivity index (χ1) is 13.5. The molecule has 1 N–H and O–H groups in total. The van der Waals surface area contributed by atoms with Gasteiger partial charge in [-0.3, -0.25) is 4.79 Å². The predicted octanol–water partition coefficient (Wildman–Crippen LogP) is 2.55. The van der Waals surface area contributed by atoms with Crippen molar-refractivity contribution >= 4 is 16.7 Å². The van der Waals surface area contributed by atoms with Crippen molar-refractivity contribution in [3.05, 3.63) is 42.0 Å². The lowest BCUT2D eigenvalue weighted by Gasteiger charge is -2.39. The molecule has 5 nitrogen and oxygen atoms in total. The Labute approximate surface area is 167 Å². The van der Waals surface area contributed by atoms with Crippen molar-refractivity contribution in [2.45, 2.75) is 44.2 Å². The van der Waals surface area contributed by atoms with Crippen LogP contribution in [-0.4, -0.2) is 44.1 Å². The number of fused-ring (bicyclic) bond motifs is 1. The smallest absolute Gasteiger partial charge is 0.278 e. The fourth-order valence-electron chi connectivity index (χ4n) is 4.20. The lowest BCUT2D eigenvalue weighted by molar-refractivity contribution is -0.885. The molecule has 0 heterocycles. The minimum Gasteiger partial charge on any atom is -0.497 e. The maximum absolute atomic E-state index is 12.8. The number of quaternary nitrogens is 1. The van der Waals surface area contributed by atoms with Gasteiger partial charge in [-0.2, -0.15) is 5.26 Å². The van der Waals surface area contributed by atoms with Gasteiger partial charge in [-0.25, -0.2) is 0 Å². The lowest BCUT2D eigenvalue weighted by atomic mass is 9.81. The Bertz CT molecular complexity index is 881. The van der Waals surface area contributed by atoms with E-state index in [2.05, 4.69) is 30.3 Å². The molecule has 1 unspecified atom stereocenters. The van der Waals surface area contributed by atoms with E-state index >= 15 is 0 Å². The summed E-state index contributed by atoms with van der Waals surface area (Å²) in [5, 5.41) is 12.0. The lowest BCUT2D eigenvalue weighted by Crippen LogP contribution is -3.09. The number of likely N-dealkylation sites (N-methyl/N-ethyl adjacent to an activating group) is 2. The predicted molar refractivity (Wildman–Crippen MR) is 110 cm³/mol. The molecular weight excluding hydrogens is 350 g/mol. The summed E-state index contributed by atoms with van der Waals surface area (Å²) in [6, 6.07) is 14.9. The largest absolute Gasteiger partial charge is 0.497 e. The number of ether oxygens (including phenoxy) is 1. The highest BCUT2D eigenvalue weighted by Gasteiger charge is 2.39. The summed E-state index contributed by atoms with van der Waals surface area (Å²) in [6.07, 6.45) is 4.79. The molecule has 28 heavy (non-hydrogen) atoms. The number of carbonyl (C=O) groups is 1. The van der Waals surface area contributed by atoms with Crippen LogP contribution in [0.25, 0.3) is 10.8 Å². The van der Waals surface area contributed by atoms with Gasteiger partial charge in [0, 0.05) is 12.6 Å². The highest BCUT2D eigenvalue weighted by Crippen LogP contribution is 2.32. The molecule has 1 aliphatic carbocycles. The van der Waals surface area contributed by atoms with Crippen molar-refractivity contribution < 1.29 is 14.4 Å². The van der Waals surface area contributed by atoms with Crippen LogP contribution in [0.5, 0.6) is 5.75 Å². The second-order valence-electron chi connectivity index (χ2n) is 8.01. The number of hydrogen-bond donors (Lipinski definition) is 1. The number of nitrogens with zero attached hydrogens (tertiary/aromatic N) is 2. The Hall–Kier alpha value is -2.58. The fraction of sp³-hybridized carbons (Fsp3) is 0.478. The van der Waals surface area contributed by atoms with Crippen molar-refractivity contribution in [2.24, 2.45) is 0 Å². The minimum atomic E-state index is -0.613. The van der Waals surface area contributed by atoms with E-state index in [1.807, 2.05) is 19.2 Å². The van der Waals surface area contributed by atoms with E-state index in [0.29, 0.717) is 6.54 Å². The van der Waals surface area contributed by atoms with Crippen molar-refractivity contribution in [1.82, 2.24) is 4.90 Å². The highest BCUT2D eigenvalue weighted by molar-refractivity contribution is 5.84. The van der Waals surface area contributed by atoms with E-state index in [0.717, 1.165) is 54.7 Å². The number of nitriles is 1. The van der Waals surface area contributed by atoms with Crippen molar-refractivity contribution in [1.29, 1.82) is 5.26 Å². The molecule has 3 rings (SSSR count). The molecule has 0 saturated heterocycles. The molecule has 1 aliphatic rings. The first-order valence-corrected chi connectivity index (χ1v) is 10.0. The van der Waals surface area contributed by atoms with Crippen LogP contribution >= 0.6 is 0 Å². The van der Waals surface area contributed by atoms with Gasteiger partial charge in [0.15, 0.2) is 6.54 Å². The second kappa shape index (κ2) is 8.62. The van der Waals surface area contributed by atoms with Gasteiger partial charge in [0.25, 0.3) is 5.91 Å². The van der Waals surface area contributed by atoms with Crippen LogP contribution in [0.3, 0.4) is 0 Å². The molecule has 0 aliphatic heterocycles. The quantitative estimate of drug-likeness (QED) is 0.838. The van der Waals surface area contributed by atoms with E-state index < -0.39 is 5.54 Å². The zero-order valence-corrected chi connectivity index (χ0v) is 17.1. The Balaban J connectivity index is 1.64. The summed E-state index contributed by atoms with van der Waals surface area (Å²) in [5.74, 6) is 0.900. The highest BCUT2D eigenvalue weighted by atomic mass is 16.5. The minimum absolute atomic E-state index is 0.0477. The summed E-state index contributed by atoms with van der Waals surface area (Å²) in [4.78, 5) is 15.7. The van der Waals surface area contributed by atoms with E-state index in [1.54, 1.807) is 19.1 Å².